The maximum absolute atomic E-state index is 9.05. The SMILES string of the molecule is N#Cc1ccc([C](c2ccccc2)c2ccccc2)c(Br)c1. The average molecular weight is 347 g/mol. The van der Waals surface area contributed by atoms with Gasteiger partial charge in [-0.05, 0) is 28.8 Å². The molecule has 0 bridgehead atoms. The van der Waals surface area contributed by atoms with Crippen LogP contribution in [-0.4, -0.2) is 0 Å². The molecule has 0 N–H and O–H groups in total. The van der Waals surface area contributed by atoms with Crippen LogP contribution in [0.25, 0.3) is 0 Å². The molecule has 0 atom stereocenters. The summed E-state index contributed by atoms with van der Waals surface area (Å²) in [5.41, 5.74) is 4.03. The number of hydrogen-bond acceptors (Lipinski definition) is 1. The van der Waals surface area contributed by atoms with Crippen LogP contribution in [0.1, 0.15) is 22.3 Å². The first kappa shape index (κ1) is 14.6. The van der Waals surface area contributed by atoms with E-state index in [4.69, 9.17) is 5.26 Å². The van der Waals surface area contributed by atoms with E-state index >= 15 is 0 Å². The van der Waals surface area contributed by atoms with Gasteiger partial charge in [0.05, 0.1) is 17.6 Å². The molecule has 2 heteroatoms. The van der Waals surface area contributed by atoms with Crippen LogP contribution in [0.15, 0.2) is 83.3 Å². The minimum Gasteiger partial charge on any atom is -0.192 e. The van der Waals surface area contributed by atoms with Crippen molar-refractivity contribution in [2.24, 2.45) is 0 Å². The number of hydrogen-bond donors (Lipinski definition) is 0. The molecule has 0 unspecified atom stereocenters. The molecule has 0 saturated carbocycles. The van der Waals surface area contributed by atoms with Crippen molar-refractivity contribution in [1.29, 1.82) is 5.26 Å². The van der Waals surface area contributed by atoms with E-state index in [2.05, 4.69) is 46.3 Å². The first-order chi connectivity index (χ1) is 10.8. The van der Waals surface area contributed by atoms with Gasteiger partial charge in [0.25, 0.3) is 0 Å². The van der Waals surface area contributed by atoms with Gasteiger partial charge < -0.3 is 0 Å². The molecule has 0 amide bonds. The lowest BCUT2D eigenvalue weighted by molar-refractivity contribution is 1.21. The van der Waals surface area contributed by atoms with E-state index in [-0.39, 0.29) is 0 Å². The van der Waals surface area contributed by atoms with Gasteiger partial charge in [-0.3, -0.25) is 0 Å². The van der Waals surface area contributed by atoms with Gasteiger partial charge in [0.2, 0.25) is 0 Å². The maximum Gasteiger partial charge on any atom is 0.0992 e. The van der Waals surface area contributed by atoms with Crippen LogP contribution >= 0.6 is 15.9 Å². The highest BCUT2D eigenvalue weighted by Gasteiger charge is 2.19. The summed E-state index contributed by atoms with van der Waals surface area (Å²) in [7, 11) is 0. The number of halogens is 1. The Hall–Kier alpha value is -2.37. The van der Waals surface area contributed by atoms with Crippen LogP contribution in [0.4, 0.5) is 0 Å². The second kappa shape index (κ2) is 6.60. The number of nitriles is 1. The fourth-order valence-electron chi connectivity index (χ4n) is 2.47. The van der Waals surface area contributed by atoms with Gasteiger partial charge in [0.1, 0.15) is 0 Å². The molecule has 0 saturated heterocycles. The summed E-state index contributed by atoms with van der Waals surface area (Å²) in [6.07, 6.45) is 0. The van der Waals surface area contributed by atoms with E-state index in [0.29, 0.717) is 5.56 Å². The highest BCUT2D eigenvalue weighted by Crippen LogP contribution is 2.35. The average Bonchev–Trinajstić information content (AvgIpc) is 2.58. The van der Waals surface area contributed by atoms with Gasteiger partial charge in [-0.2, -0.15) is 5.26 Å². The predicted octanol–water partition coefficient (Wildman–Crippen LogP) is 5.34. The van der Waals surface area contributed by atoms with Gasteiger partial charge >= 0.3 is 0 Å². The largest absolute Gasteiger partial charge is 0.192 e. The van der Waals surface area contributed by atoms with Crippen molar-refractivity contribution in [2.75, 3.05) is 0 Å². The summed E-state index contributed by atoms with van der Waals surface area (Å²) in [4.78, 5) is 0. The van der Waals surface area contributed by atoms with Crippen LogP contribution in [-0.2, 0) is 0 Å². The summed E-state index contributed by atoms with van der Waals surface area (Å²) in [5, 5.41) is 9.05. The molecule has 0 spiro atoms. The standard InChI is InChI=1S/C20H13BrN/c21-19-13-15(14-22)11-12-18(19)20(16-7-3-1-4-8-16)17-9-5-2-6-10-17/h1-13H. The molecule has 0 aromatic heterocycles. The third-order valence-electron chi connectivity index (χ3n) is 3.49. The Labute approximate surface area is 139 Å². The minimum atomic E-state index is 0.649. The second-order valence-electron chi connectivity index (χ2n) is 4.91. The Morgan fingerprint density at radius 3 is 1.77 bits per heavy atom. The van der Waals surface area contributed by atoms with Crippen LogP contribution in [0.3, 0.4) is 0 Å². The van der Waals surface area contributed by atoms with Crippen LogP contribution in [0, 0.1) is 17.2 Å². The molecule has 0 aliphatic heterocycles. The van der Waals surface area contributed by atoms with Crippen molar-refractivity contribution in [3.63, 3.8) is 0 Å². The Bertz CT molecular complexity index is 765. The number of nitrogens with zero attached hydrogens (tertiary/aromatic N) is 1. The number of benzene rings is 3. The number of rotatable bonds is 3. The van der Waals surface area contributed by atoms with Gasteiger partial charge in [-0.15, -0.1) is 0 Å². The lowest BCUT2D eigenvalue weighted by atomic mass is 9.85. The smallest absolute Gasteiger partial charge is 0.0992 e. The Morgan fingerprint density at radius 1 is 0.773 bits per heavy atom. The van der Waals surface area contributed by atoms with E-state index in [1.54, 1.807) is 0 Å². The fourth-order valence-corrected chi connectivity index (χ4v) is 3.05. The summed E-state index contributed by atoms with van der Waals surface area (Å²) in [6, 6.07) is 28.5. The van der Waals surface area contributed by atoms with Crippen molar-refractivity contribution in [2.45, 2.75) is 0 Å². The second-order valence-corrected chi connectivity index (χ2v) is 5.77. The summed E-state index contributed by atoms with van der Waals surface area (Å²) in [6.45, 7) is 0. The van der Waals surface area contributed by atoms with Crippen LogP contribution in [0.5, 0.6) is 0 Å². The molecule has 3 aromatic carbocycles. The molecule has 0 heterocycles. The normalized spacial score (nSPS) is 10.4. The van der Waals surface area contributed by atoms with E-state index in [1.807, 2.05) is 54.6 Å². The molecule has 0 aliphatic carbocycles. The Morgan fingerprint density at radius 2 is 1.32 bits per heavy atom. The lowest BCUT2D eigenvalue weighted by Gasteiger charge is -2.19. The van der Waals surface area contributed by atoms with Crippen molar-refractivity contribution >= 4 is 15.9 Å². The summed E-state index contributed by atoms with van der Waals surface area (Å²) < 4.78 is 0.925. The quantitative estimate of drug-likeness (QED) is 0.587. The van der Waals surface area contributed by atoms with Crippen molar-refractivity contribution in [3.05, 3.63) is 112 Å². The molecule has 0 aliphatic rings. The zero-order chi connectivity index (χ0) is 15.4. The predicted molar refractivity (Wildman–Crippen MR) is 92.3 cm³/mol. The lowest BCUT2D eigenvalue weighted by Crippen LogP contribution is -2.05. The fraction of sp³-hybridized carbons (Fsp3) is 0. The first-order valence-corrected chi connectivity index (χ1v) is 7.76. The maximum atomic E-state index is 9.05. The molecule has 3 aromatic rings. The molecular weight excluding hydrogens is 334 g/mol. The zero-order valence-corrected chi connectivity index (χ0v) is 13.4. The summed E-state index contributed by atoms with van der Waals surface area (Å²) >= 11 is 3.61. The third kappa shape index (κ3) is 2.95. The van der Waals surface area contributed by atoms with E-state index in [0.717, 1.165) is 27.1 Å². The Kier molecular flexibility index (Phi) is 4.37. The molecule has 1 nitrogen and oxygen atoms in total. The van der Waals surface area contributed by atoms with E-state index in [9.17, 15) is 0 Å². The third-order valence-corrected chi connectivity index (χ3v) is 4.15. The topological polar surface area (TPSA) is 23.8 Å². The summed E-state index contributed by atoms with van der Waals surface area (Å²) in [5.74, 6) is 1.15. The van der Waals surface area contributed by atoms with Crippen LogP contribution < -0.4 is 0 Å². The van der Waals surface area contributed by atoms with Crippen LogP contribution in [0.2, 0.25) is 0 Å². The highest BCUT2D eigenvalue weighted by atomic mass is 79.9. The molecule has 1 radical (unpaired) electrons. The van der Waals surface area contributed by atoms with Crippen molar-refractivity contribution in [1.82, 2.24) is 0 Å². The van der Waals surface area contributed by atoms with Crippen molar-refractivity contribution in [3.8, 4) is 6.07 Å². The molecule has 3 rings (SSSR count). The molecule has 22 heavy (non-hydrogen) atoms. The van der Waals surface area contributed by atoms with Gasteiger partial charge in [-0.25, -0.2) is 0 Å². The molecular formula is C20H13BrN. The van der Waals surface area contributed by atoms with E-state index < -0.39 is 0 Å². The molecule has 105 valence electrons. The first-order valence-electron chi connectivity index (χ1n) is 6.97. The zero-order valence-electron chi connectivity index (χ0n) is 11.8. The van der Waals surface area contributed by atoms with Crippen molar-refractivity contribution < 1.29 is 0 Å². The minimum absolute atomic E-state index is 0.649. The van der Waals surface area contributed by atoms with Gasteiger partial charge in [-0.1, -0.05) is 82.7 Å². The Balaban J connectivity index is 2.17. The highest BCUT2D eigenvalue weighted by molar-refractivity contribution is 9.10. The van der Waals surface area contributed by atoms with E-state index in [1.165, 1.54) is 0 Å². The monoisotopic (exact) mass is 346 g/mol. The van der Waals surface area contributed by atoms with Gasteiger partial charge in [0, 0.05) is 4.47 Å². The molecule has 0 fully saturated rings. The van der Waals surface area contributed by atoms with Gasteiger partial charge in [0.15, 0.2) is 0 Å².